The summed E-state index contributed by atoms with van der Waals surface area (Å²) in [6.07, 6.45) is 1.34. The molecule has 0 saturated heterocycles. The second-order valence-corrected chi connectivity index (χ2v) is 4.94. The van der Waals surface area contributed by atoms with Gasteiger partial charge in [-0.15, -0.1) is 0 Å². The number of aryl methyl sites for hydroxylation is 1. The van der Waals surface area contributed by atoms with Gasteiger partial charge in [0.1, 0.15) is 5.75 Å². The van der Waals surface area contributed by atoms with Crippen molar-refractivity contribution in [3.05, 3.63) is 65.2 Å². The normalized spacial score (nSPS) is 12.3. The molecular formula is C17H16ClNO2. The fourth-order valence-electron chi connectivity index (χ4n) is 1.94. The first-order chi connectivity index (χ1) is 10.2. The molecule has 4 heteroatoms. The number of benzene rings is 2. The summed E-state index contributed by atoms with van der Waals surface area (Å²) < 4.78 is 5.14. The first kappa shape index (κ1) is 15.1. The molecule has 0 radical (unpaired) electrons. The third kappa shape index (κ3) is 3.64. The first-order valence-electron chi connectivity index (χ1n) is 6.44. The van der Waals surface area contributed by atoms with Crippen LogP contribution in [-0.4, -0.2) is 18.5 Å². The Labute approximate surface area is 129 Å². The molecule has 0 amide bonds. The summed E-state index contributed by atoms with van der Waals surface area (Å²) in [6.45, 7) is 2.01. The molecule has 0 aromatic heterocycles. The van der Waals surface area contributed by atoms with E-state index < -0.39 is 0 Å². The lowest BCUT2D eigenvalue weighted by atomic mass is 10.0. The van der Waals surface area contributed by atoms with Gasteiger partial charge in [0.15, 0.2) is 0 Å². The van der Waals surface area contributed by atoms with Crippen molar-refractivity contribution in [2.45, 2.75) is 6.92 Å². The van der Waals surface area contributed by atoms with E-state index in [1.807, 2.05) is 55.5 Å². The quantitative estimate of drug-likeness (QED) is 0.389. The zero-order chi connectivity index (χ0) is 15.2. The Morgan fingerprint density at radius 2 is 1.62 bits per heavy atom. The Morgan fingerprint density at radius 3 is 2.14 bits per heavy atom. The van der Waals surface area contributed by atoms with Gasteiger partial charge in [0.05, 0.1) is 18.4 Å². The van der Waals surface area contributed by atoms with E-state index in [0.29, 0.717) is 10.6 Å². The van der Waals surface area contributed by atoms with Crippen LogP contribution < -0.4 is 4.74 Å². The summed E-state index contributed by atoms with van der Waals surface area (Å²) in [5.74, 6) is 0.755. The lowest BCUT2D eigenvalue weighted by molar-refractivity contribution is 0.322. The van der Waals surface area contributed by atoms with Crippen LogP contribution in [0.4, 0.5) is 0 Å². The van der Waals surface area contributed by atoms with E-state index in [4.69, 9.17) is 21.5 Å². The van der Waals surface area contributed by atoms with Crippen molar-refractivity contribution in [2.75, 3.05) is 7.11 Å². The Kier molecular flexibility index (Phi) is 5.01. The fourth-order valence-corrected chi connectivity index (χ4v) is 2.23. The van der Waals surface area contributed by atoms with Crippen LogP contribution in [0.3, 0.4) is 0 Å². The molecule has 0 aliphatic carbocycles. The highest BCUT2D eigenvalue weighted by Gasteiger charge is 2.09. The van der Waals surface area contributed by atoms with Crippen LogP contribution in [0.2, 0.25) is 0 Å². The van der Waals surface area contributed by atoms with Crippen molar-refractivity contribution in [1.82, 2.24) is 0 Å². The molecular weight excluding hydrogens is 286 g/mol. The topological polar surface area (TPSA) is 41.8 Å². The Balaban J connectivity index is 2.49. The lowest BCUT2D eigenvalue weighted by Crippen LogP contribution is -1.91. The van der Waals surface area contributed by atoms with E-state index in [-0.39, 0.29) is 0 Å². The van der Waals surface area contributed by atoms with Gasteiger partial charge in [-0.2, -0.15) is 0 Å². The summed E-state index contributed by atoms with van der Waals surface area (Å²) in [7, 11) is 1.61. The SMILES string of the molecule is COc1ccc(C(/C=N\O)=C(\Cl)c2ccc(C)cc2)cc1. The Hall–Kier alpha value is -2.26. The summed E-state index contributed by atoms with van der Waals surface area (Å²) in [5, 5.41) is 12.5. The summed E-state index contributed by atoms with van der Waals surface area (Å²) in [4.78, 5) is 0. The van der Waals surface area contributed by atoms with Gasteiger partial charge in [-0.05, 0) is 30.2 Å². The fraction of sp³-hybridized carbons (Fsp3) is 0.118. The molecule has 21 heavy (non-hydrogen) atoms. The molecule has 0 saturated carbocycles. The van der Waals surface area contributed by atoms with Crippen LogP contribution in [0.1, 0.15) is 16.7 Å². The van der Waals surface area contributed by atoms with Gasteiger partial charge < -0.3 is 9.94 Å². The standard InChI is InChI=1S/C17H16ClNO2/c1-12-3-5-14(6-4-12)17(18)16(11-19-20)13-7-9-15(21-2)10-8-13/h3-11,20H,1-2H3/b17-16-,19-11-. The van der Waals surface area contributed by atoms with Gasteiger partial charge in [-0.1, -0.05) is 58.7 Å². The molecule has 2 aromatic rings. The summed E-state index contributed by atoms with van der Waals surface area (Å²) in [6, 6.07) is 15.2. The van der Waals surface area contributed by atoms with E-state index in [1.54, 1.807) is 7.11 Å². The average molecular weight is 302 g/mol. The van der Waals surface area contributed by atoms with Crippen molar-refractivity contribution < 1.29 is 9.94 Å². The molecule has 0 fully saturated rings. The van der Waals surface area contributed by atoms with E-state index in [2.05, 4.69) is 5.16 Å². The van der Waals surface area contributed by atoms with E-state index in [9.17, 15) is 0 Å². The number of hydrogen-bond donors (Lipinski definition) is 1. The minimum atomic E-state index is 0.526. The number of hydrogen-bond acceptors (Lipinski definition) is 3. The smallest absolute Gasteiger partial charge is 0.118 e. The molecule has 0 bridgehead atoms. The number of allylic oxidation sites excluding steroid dienone is 1. The average Bonchev–Trinajstić information content (AvgIpc) is 2.53. The number of methoxy groups -OCH3 is 1. The Bertz CT molecular complexity index is 658. The molecule has 3 nitrogen and oxygen atoms in total. The second-order valence-electron chi connectivity index (χ2n) is 4.57. The summed E-state index contributed by atoms with van der Waals surface area (Å²) in [5.41, 5.74) is 3.52. The highest BCUT2D eigenvalue weighted by Crippen LogP contribution is 2.29. The predicted octanol–water partition coefficient (Wildman–Crippen LogP) is 4.57. The maximum absolute atomic E-state index is 8.89. The number of nitrogens with zero attached hydrogens (tertiary/aromatic N) is 1. The number of oxime groups is 1. The molecule has 108 valence electrons. The predicted molar refractivity (Wildman–Crippen MR) is 87.1 cm³/mol. The van der Waals surface area contributed by atoms with Gasteiger partial charge in [0.25, 0.3) is 0 Å². The van der Waals surface area contributed by atoms with Crippen LogP contribution in [0, 0.1) is 6.92 Å². The first-order valence-corrected chi connectivity index (χ1v) is 6.82. The number of rotatable bonds is 4. The van der Waals surface area contributed by atoms with Gasteiger partial charge in [0.2, 0.25) is 0 Å². The maximum atomic E-state index is 8.89. The molecule has 0 aliphatic heterocycles. The van der Waals surface area contributed by atoms with E-state index in [0.717, 1.165) is 22.4 Å². The molecule has 2 aromatic carbocycles. The van der Waals surface area contributed by atoms with Crippen LogP contribution in [0.25, 0.3) is 10.6 Å². The van der Waals surface area contributed by atoms with E-state index >= 15 is 0 Å². The molecule has 0 unspecified atom stereocenters. The van der Waals surface area contributed by atoms with Crippen molar-refractivity contribution in [1.29, 1.82) is 0 Å². The maximum Gasteiger partial charge on any atom is 0.118 e. The Morgan fingerprint density at radius 1 is 1.05 bits per heavy atom. The van der Waals surface area contributed by atoms with Crippen molar-refractivity contribution in [2.24, 2.45) is 5.16 Å². The van der Waals surface area contributed by atoms with Crippen molar-refractivity contribution in [3.63, 3.8) is 0 Å². The number of ether oxygens (including phenoxy) is 1. The van der Waals surface area contributed by atoms with Crippen molar-refractivity contribution in [3.8, 4) is 5.75 Å². The minimum absolute atomic E-state index is 0.526. The van der Waals surface area contributed by atoms with Crippen LogP contribution in [0.15, 0.2) is 53.7 Å². The molecule has 0 heterocycles. The second kappa shape index (κ2) is 6.95. The zero-order valence-corrected chi connectivity index (χ0v) is 12.6. The molecule has 2 rings (SSSR count). The van der Waals surface area contributed by atoms with E-state index in [1.165, 1.54) is 6.21 Å². The summed E-state index contributed by atoms with van der Waals surface area (Å²) >= 11 is 6.46. The highest BCUT2D eigenvalue weighted by atomic mass is 35.5. The molecule has 0 atom stereocenters. The lowest BCUT2D eigenvalue weighted by Gasteiger charge is -2.08. The van der Waals surface area contributed by atoms with Gasteiger partial charge in [0, 0.05) is 5.57 Å². The van der Waals surface area contributed by atoms with Gasteiger partial charge >= 0.3 is 0 Å². The van der Waals surface area contributed by atoms with Gasteiger partial charge in [-0.25, -0.2) is 0 Å². The van der Waals surface area contributed by atoms with Crippen LogP contribution >= 0.6 is 11.6 Å². The molecule has 0 spiro atoms. The highest BCUT2D eigenvalue weighted by molar-refractivity contribution is 6.56. The van der Waals surface area contributed by atoms with Crippen LogP contribution in [0.5, 0.6) is 5.75 Å². The van der Waals surface area contributed by atoms with Crippen molar-refractivity contribution >= 4 is 28.4 Å². The monoisotopic (exact) mass is 301 g/mol. The molecule has 0 aliphatic rings. The zero-order valence-electron chi connectivity index (χ0n) is 11.9. The molecule has 1 N–H and O–H groups in total. The largest absolute Gasteiger partial charge is 0.497 e. The third-order valence-corrected chi connectivity index (χ3v) is 3.55. The minimum Gasteiger partial charge on any atom is -0.497 e. The number of halogens is 1. The van der Waals surface area contributed by atoms with Crippen LogP contribution in [-0.2, 0) is 0 Å². The third-order valence-electron chi connectivity index (χ3n) is 3.13. The van der Waals surface area contributed by atoms with Gasteiger partial charge in [-0.3, -0.25) is 0 Å².